The van der Waals surface area contributed by atoms with Gasteiger partial charge in [0.1, 0.15) is 16.9 Å². The van der Waals surface area contributed by atoms with Crippen molar-refractivity contribution in [2.24, 2.45) is 0 Å². The van der Waals surface area contributed by atoms with Gasteiger partial charge in [0.25, 0.3) is 0 Å². The number of nitrogens with zero attached hydrogens (tertiary/aromatic N) is 2. The molecule has 4 nitrogen and oxygen atoms in total. The number of benzene rings is 7. The topological polar surface area (TPSA) is 59.2 Å². The maximum Gasteiger partial charge on any atom is 0.136 e. The summed E-state index contributed by atoms with van der Waals surface area (Å²) in [6.07, 6.45) is 0. The predicted molar refractivity (Wildman–Crippen MR) is 249 cm³/mol. The second-order valence-corrected chi connectivity index (χ2v) is 16.2. The third-order valence-corrected chi connectivity index (χ3v) is 12.6. The molecule has 0 aliphatic carbocycles. The average molecular weight is 789 g/mol. The van der Waals surface area contributed by atoms with E-state index in [9.17, 15) is 5.11 Å². The molecule has 7 aromatic carbocycles. The summed E-state index contributed by atoms with van der Waals surface area (Å²) in [5.74, 6) is 0.185. The number of aromatic hydroxyl groups is 1. The molecule has 11 rings (SSSR count). The average Bonchev–Trinajstić information content (AvgIpc) is 3.88. The first-order valence-corrected chi connectivity index (χ1v) is 20.8. The number of rotatable bonds is 7. The Balaban J connectivity index is 0.993. The monoisotopic (exact) mass is 788 g/mol. The van der Waals surface area contributed by atoms with Gasteiger partial charge in [0.05, 0.1) is 17.1 Å². The minimum Gasteiger partial charge on any atom is -0.507 e. The summed E-state index contributed by atoms with van der Waals surface area (Å²) in [6, 6.07) is 66.7. The van der Waals surface area contributed by atoms with Crippen LogP contribution < -0.4 is 0 Å². The van der Waals surface area contributed by atoms with Crippen LogP contribution in [0.15, 0.2) is 199 Å². The van der Waals surface area contributed by atoms with E-state index in [1.807, 2.05) is 78.9 Å². The smallest absolute Gasteiger partial charge is 0.136 e. The van der Waals surface area contributed by atoms with E-state index >= 15 is 0 Å². The molecule has 0 saturated heterocycles. The Kier molecular flexibility index (Phi) is 8.68. The Hall–Kier alpha value is -7.60. The molecule has 0 aliphatic rings. The summed E-state index contributed by atoms with van der Waals surface area (Å²) < 4.78 is 6.30. The number of phenols is 1. The lowest BCUT2D eigenvalue weighted by Crippen LogP contribution is -1.93. The van der Waals surface area contributed by atoms with Gasteiger partial charge < -0.3 is 9.52 Å². The van der Waals surface area contributed by atoms with E-state index in [1.54, 1.807) is 11.3 Å². The van der Waals surface area contributed by atoms with Crippen LogP contribution in [-0.4, -0.2) is 15.1 Å². The summed E-state index contributed by atoms with van der Waals surface area (Å²) in [4.78, 5) is 12.7. The Bertz CT molecular complexity index is 3400. The maximum atomic E-state index is 11.4. The van der Waals surface area contributed by atoms with Crippen LogP contribution in [0.2, 0.25) is 0 Å². The number of aromatic nitrogens is 2. The molecule has 1 N–H and O–H groups in total. The highest BCUT2D eigenvalue weighted by Gasteiger charge is 2.18. The molecule has 284 valence electrons. The lowest BCUT2D eigenvalue weighted by Gasteiger charge is -2.13. The Labute approximate surface area is 351 Å². The molecular formula is C55H36N2O2S. The van der Waals surface area contributed by atoms with Crippen LogP contribution in [0, 0.1) is 6.92 Å². The van der Waals surface area contributed by atoms with Gasteiger partial charge in [-0.2, -0.15) is 0 Å². The quantitative estimate of drug-likeness (QED) is 0.175. The molecule has 5 heteroatoms. The molecule has 60 heavy (non-hydrogen) atoms. The van der Waals surface area contributed by atoms with Gasteiger partial charge in [0.2, 0.25) is 0 Å². The van der Waals surface area contributed by atoms with E-state index < -0.39 is 0 Å². The molecule has 4 heterocycles. The van der Waals surface area contributed by atoms with E-state index in [-0.39, 0.29) is 5.75 Å². The molecule has 0 radical (unpaired) electrons. The largest absolute Gasteiger partial charge is 0.507 e. The highest BCUT2D eigenvalue weighted by atomic mass is 32.1. The third-order valence-electron chi connectivity index (χ3n) is 11.2. The molecule has 0 aliphatic heterocycles. The fourth-order valence-electron chi connectivity index (χ4n) is 8.34. The normalized spacial score (nSPS) is 11.5. The van der Waals surface area contributed by atoms with Crippen molar-refractivity contribution in [3.8, 4) is 82.7 Å². The number of fused-ring (bicyclic) bond motifs is 4. The zero-order valence-corrected chi connectivity index (χ0v) is 33.4. The number of phenolic OH excluding ortho intramolecular Hbond substituents is 1. The number of pyridine rings is 2. The third kappa shape index (κ3) is 6.42. The van der Waals surface area contributed by atoms with Crippen molar-refractivity contribution in [2.45, 2.75) is 6.92 Å². The van der Waals surface area contributed by atoms with Crippen LogP contribution in [0.3, 0.4) is 0 Å². The van der Waals surface area contributed by atoms with Gasteiger partial charge in [-0.15, -0.1) is 11.3 Å². The van der Waals surface area contributed by atoms with Gasteiger partial charge >= 0.3 is 0 Å². The number of thiophene rings is 1. The lowest BCUT2D eigenvalue weighted by molar-refractivity contribution is 0.477. The van der Waals surface area contributed by atoms with Gasteiger partial charge in [-0.05, 0) is 101 Å². The second-order valence-electron chi connectivity index (χ2n) is 15.2. The van der Waals surface area contributed by atoms with E-state index in [2.05, 4.69) is 122 Å². The van der Waals surface area contributed by atoms with Gasteiger partial charge in [-0.3, -0.25) is 4.98 Å². The maximum absolute atomic E-state index is 11.4. The molecule has 0 fully saturated rings. The Morgan fingerprint density at radius 2 is 0.950 bits per heavy atom. The molecule has 0 amide bonds. The minimum absolute atomic E-state index is 0.185. The molecule has 0 bridgehead atoms. The number of hydrogen-bond donors (Lipinski definition) is 1. The van der Waals surface area contributed by atoms with Crippen LogP contribution in [-0.2, 0) is 0 Å². The fourth-order valence-corrected chi connectivity index (χ4v) is 9.61. The van der Waals surface area contributed by atoms with Gasteiger partial charge in [-0.25, -0.2) is 4.98 Å². The Morgan fingerprint density at radius 3 is 1.68 bits per heavy atom. The second kappa shape index (κ2) is 14.7. The molecule has 0 atom stereocenters. The zero-order chi connectivity index (χ0) is 40.2. The summed E-state index contributed by atoms with van der Waals surface area (Å²) >= 11 is 1.81. The van der Waals surface area contributed by atoms with Crippen molar-refractivity contribution in [3.05, 3.63) is 200 Å². The first-order valence-electron chi connectivity index (χ1n) is 20.0. The highest BCUT2D eigenvalue weighted by molar-refractivity contribution is 7.21. The van der Waals surface area contributed by atoms with Crippen molar-refractivity contribution < 1.29 is 9.52 Å². The molecule has 4 aromatic heterocycles. The SMILES string of the molecule is Cc1cc(-c2sc(-c3ccc4c(c3)oc3ccccc34)c3ccccc23)cc(-c2cccc(-c3cc(-c4ccccc4)cc(-c4ccc(-c5ccccc5)cc4O)n3)c2)n1. The van der Waals surface area contributed by atoms with Crippen molar-refractivity contribution in [2.75, 3.05) is 0 Å². The summed E-state index contributed by atoms with van der Waals surface area (Å²) in [7, 11) is 0. The van der Waals surface area contributed by atoms with Crippen LogP contribution in [0.5, 0.6) is 5.75 Å². The molecular weight excluding hydrogens is 753 g/mol. The number of aryl methyl sites for hydroxylation is 1. The summed E-state index contributed by atoms with van der Waals surface area (Å²) in [5.41, 5.74) is 14.1. The highest BCUT2D eigenvalue weighted by Crippen LogP contribution is 2.46. The van der Waals surface area contributed by atoms with Crippen molar-refractivity contribution in [3.63, 3.8) is 0 Å². The number of hydrogen-bond acceptors (Lipinski definition) is 5. The summed E-state index contributed by atoms with van der Waals surface area (Å²) in [6.45, 7) is 2.07. The van der Waals surface area contributed by atoms with Gasteiger partial charge in [0, 0.05) is 53.7 Å². The predicted octanol–water partition coefficient (Wildman–Crippen LogP) is 15.3. The first kappa shape index (κ1) is 35.6. The van der Waals surface area contributed by atoms with E-state index in [4.69, 9.17) is 14.4 Å². The van der Waals surface area contributed by atoms with Crippen LogP contribution in [0.1, 0.15) is 5.69 Å². The standard InChI is InChI=1S/C55H36N2O2S/c1-34-27-42(55-46-21-9-8-20-45(46)54(60-55)40-24-25-44-43-19-10-11-22-52(43)59-53(44)33-40)31-48(56-34)38-17-12-18-39(28-38)49-29-41(36-15-6-3-7-16-36)30-50(57-49)47-26-23-37(32-51(47)58)35-13-4-2-5-14-35/h2-33,58H,1H3. The van der Waals surface area contributed by atoms with Crippen molar-refractivity contribution in [1.29, 1.82) is 0 Å². The Morgan fingerprint density at radius 1 is 0.383 bits per heavy atom. The number of furan rings is 1. The van der Waals surface area contributed by atoms with Crippen LogP contribution >= 0.6 is 11.3 Å². The fraction of sp³-hybridized carbons (Fsp3) is 0.0182. The first-order chi connectivity index (χ1) is 29.5. The van der Waals surface area contributed by atoms with E-state index in [0.29, 0.717) is 11.3 Å². The van der Waals surface area contributed by atoms with Crippen molar-refractivity contribution >= 4 is 44.0 Å². The van der Waals surface area contributed by atoms with Crippen molar-refractivity contribution in [1.82, 2.24) is 9.97 Å². The van der Waals surface area contributed by atoms with Gasteiger partial charge in [-0.1, -0.05) is 133 Å². The lowest BCUT2D eigenvalue weighted by atomic mass is 9.97. The minimum atomic E-state index is 0.185. The molecule has 0 saturated carbocycles. The molecule has 0 unspecified atom stereocenters. The number of para-hydroxylation sites is 1. The summed E-state index contributed by atoms with van der Waals surface area (Å²) in [5, 5.41) is 16.1. The van der Waals surface area contributed by atoms with E-state index in [0.717, 1.165) is 83.5 Å². The molecule has 0 spiro atoms. The molecule has 11 aromatic rings. The van der Waals surface area contributed by atoms with Gasteiger partial charge in [0.15, 0.2) is 0 Å². The van der Waals surface area contributed by atoms with E-state index in [1.165, 1.54) is 20.5 Å². The van der Waals surface area contributed by atoms with Crippen LogP contribution in [0.25, 0.3) is 110 Å². The zero-order valence-electron chi connectivity index (χ0n) is 32.6. The van der Waals surface area contributed by atoms with Crippen LogP contribution in [0.4, 0.5) is 0 Å².